The molecule has 0 aliphatic rings. The Balaban J connectivity index is 2.50. The van der Waals surface area contributed by atoms with Crippen LogP contribution in [0.15, 0.2) is 61.7 Å². The van der Waals surface area contributed by atoms with Gasteiger partial charge in [0.15, 0.2) is 0 Å². The Morgan fingerprint density at radius 3 is 2.22 bits per heavy atom. The molecule has 0 bridgehead atoms. The van der Waals surface area contributed by atoms with E-state index >= 15 is 0 Å². The Morgan fingerprint density at radius 2 is 1.72 bits per heavy atom. The Labute approximate surface area is 108 Å². The highest BCUT2D eigenvalue weighted by Crippen LogP contribution is 2.27. The van der Waals surface area contributed by atoms with Crippen LogP contribution in [-0.4, -0.2) is 9.97 Å². The molecule has 0 N–H and O–H groups in total. The second kappa shape index (κ2) is 5.92. The second-order valence-electron chi connectivity index (χ2n) is 4.08. The van der Waals surface area contributed by atoms with Gasteiger partial charge >= 0.3 is 0 Å². The van der Waals surface area contributed by atoms with Gasteiger partial charge in [0.25, 0.3) is 0 Å². The first-order valence-corrected chi connectivity index (χ1v) is 5.94. The molecule has 0 saturated carbocycles. The zero-order chi connectivity index (χ0) is 12.8. The highest BCUT2D eigenvalue weighted by molar-refractivity contribution is 5.89. The normalized spacial score (nSPS) is 11.8. The zero-order valence-corrected chi connectivity index (χ0v) is 10.5. The predicted molar refractivity (Wildman–Crippen MR) is 75.8 cm³/mol. The van der Waals surface area contributed by atoms with Gasteiger partial charge in [0.2, 0.25) is 0 Å². The molecule has 2 heterocycles. The van der Waals surface area contributed by atoms with Crippen molar-refractivity contribution in [1.29, 1.82) is 0 Å². The van der Waals surface area contributed by atoms with Crippen molar-refractivity contribution in [1.82, 2.24) is 9.97 Å². The number of hydrogen-bond donors (Lipinski definition) is 0. The van der Waals surface area contributed by atoms with E-state index < -0.39 is 0 Å². The van der Waals surface area contributed by atoms with Gasteiger partial charge in [0, 0.05) is 24.8 Å². The van der Waals surface area contributed by atoms with E-state index in [1.54, 1.807) is 12.4 Å². The minimum atomic E-state index is 0.826. The van der Waals surface area contributed by atoms with Crippen molar-refractivity contribution >= 4 is 11.1 Å². The van der Waals surface area contributed by atoms with Gasteiger partial charge in [-0.2, -0.15) is 0 Å². The van der Waals surface area contributed by atoms with Crippen LogP contribution in [0.2, 0.25) is 0 Å². The minimum absolute atomic E-state index is 0.826. The van der Waals surface area contributed by atoms with Crippen molar-refractivity contribution in [3.63, 3.8) is 0 Å². The van der Waals surface area contributed by atoms with Crippen molar-refractivity contribution in [3.8, 4) is 0 Å². The molecule has 2 aromatic heterocycles. The lowest BCUT2D eigenvalue weighted by Crippen LogP contribution is -1.90. The van der Waals surface area contributed by atoms with E-state index in [2.05, 4.69) is 35.6 Å². The largest absolute Gasteiger partial charge is 0.264 e. The molecule has 0 amide bonds. The average Bonchev–Trinajstić information content (AvgIpc) is 2.46. The maximum absolute atomic E-state index is 4.18. The molecule has 0 radical (unpaired) electrons. The third-order valence-corrected chi connectivity index (χ3v) is 2.91. The lowest BCUT2D eigenvalue weighted by atomic mass is 9.95. The van der Waals surface area contributed by atoms with Gasteiger partial charge in [-0.3, -0.25) is 9.97 Å². The monoisotopic (exact) mass is 236 g/mol. The molecule has 0 saturated heterocycles. The molecule has 2 aromatic rings. The molecular weight excluding hydrogens is 220 g/mol. The molecule has 2 nitrogen and oxygen atoms in total. The minimum Gasteiger partial charge on any atom is -0.264 e. The van der Waals surface area contributed by atoms with Crippen LogP contribution < -0.4 is 0 Å². The summed E-state index contributed by atoms with van der Waals surface area (Å²) in [6, 6.07) is 8.05. The molecule has 0 atom stereocenters. The summed E-state index contributed by atoms with van der Waals surface area (Å²) in [5.41, 5.74) is 4.74. The molecule has 0 fully saturated rings. The maximum Gasteiger partial charge on any atom is 0.0343 e. The van der Waals surface area contributed by atoms with Crippen molar-refractivity contribution in [2.75, 3.05) is 0 Å². The van der Waals surface area contributed by atoms with Crippen LogP contribution in [0.4, 0.5) is 0 Å². The van der Waals surface area contributed by atoms with Gasteiger partial charge in [-0.15, -0.1) is 6.58 Å². The summed E-state index contributed by atoms with van der Waals surface area (Å²) in [6.45, 7) is 5.95. The maximum atomic E-state index is 4.18. The van der Waals surface area contributed by atoms with Crippen molar-refractivity contribution in [2.45, 2.75) is 13.3 Å². The lowest BCUT2D eigenvalue weighted by molar-refractivity contribution is 1.27. The summed E-state index contributed by atoms with van der Waals surface area (Å²) in [5, 5.41) is 0. The van der Waals surface area contributed by atoms with Gasteiger partial charge in [-0.1, -0.05) is 18.2 Å². The highest BCUT2D eigenvalue weighted by atomic mass is 14.6. The highest BCUT2D eigenvalue weighted by Gasteiger charge is 2.06. The summed E-state index contributed by atoms with van der Waals surface area (Å²) in [5.74, 6) is 0. The lowest BCUT2D eigenvalue weighted by Gasteiger charge is -2.10. The molecule has 2 heteroatoms. The van der Waals surface area contributed by atoms with Crippen LogP contribution in [-0.2, 0) is 0 Å². The van der Waals surface area contributed by atoms with Gasteiger partial charge in [-0.05, 0) is 47.8 Å². The smallest absolute Gasteiger partial charge is 0.0343 e. The molecule has 90 valence electrons. The topological polar surface area (TPSA) is 25.8 Å². The van der Waals surface area contributed by atoms with Crippen molar-refractivity contribution in [2.24, 2.45) is 0 Å². The molecule has 0 aliphatic heterocycles. The number of pyridine rings is 2. The first kappa shape index (κ1) is 12.2. The fourth-order valence-corrected chi connectivity index (χ4v) is 1.93. The summed E-state index contributed by atoms with van der Waals surface area (Å²) in [6.07, 6.45) is 10.1. The van der Waals surface area contributed by atoms with Crippen molar-refractivity contribution < 1.29 is 0 Å². The fourth-order valence-electron chi connectivity index (χ4n) is 1.93. The molecular formula is C16H16N2. The molecule has 2 rings (SSSR count). The van der Waals surface area contributed by atoms with Crippen LogP contribution in [0.25, 0.3) is 11.1 Å². The molecule has 0 unspecified atom stereocenters. The fraction of sp³-hybridized carbons (Fsp3) is 0.125. The van der Waals surface area contributed by atoms with Crippen LogP contribution in [0.3, 0.4) is 0 Å². The number of allylic oxidation sites excluding steroid dienone is 3. The van der Waals surface area contributed by atoms with E-state index in [1.807, 2.05) is 30.6 Å². The predicted octanol–water partition coefficient (Wildman–Crippen LogP) is 3.98. The van der Waals surface area contributed by atoms with Crippen LogP contribution >= 0.6 is 0 Å². The molecule has 0 aliphatic carbocycles. The number of rotatable bonds is 4. The molecule has 18 heavy (non-hydrogen) atoms. The Bertz CT molecular complexity index is 542. The van der Waals surface area contributed by atoms with Crippen LogP contribution in [0, 0.1) is 0 Å². The quantitative estimate of drug-likeness (QED) is 0.750. The third kappa shape index (κ3) is 2.72. The van der Waals surface area contributed by atoms with Crippen LogP contribution in [0.1, 0.15) is 24.5 Å². The number of hydrogen-bond acceptors (Lipinski definition) is 2. The van der Waals surface area contributed by atoms with Gasteiger partial charge in [0.1, 0.15) is 0 Å². The summed E-state index contributed by atoms with van der Waals surface area (Å²) in [7, 11) is 0. The van der Waals surface area contributed by atoms with Gasteiger partial charge < -0.3 is 0 Å². The van der Waals surface area contributed by atoms with E-state index in [0.717, 1.165) is 17.5 Å². The first-order chi connectivity index (χ1) is 8.83. The Kier molecular flexibility index (Phi) is 4.02. The first-order valence-electron chi connectivity index (χ1n) is 5.94. The van der Waals surface area contributed by atoms with E-state index in [1.165, 1.54) is 11.1 Å². The van der Waals surface area contributed by atoms with E-state index in [0.29, 0.717) is 0 Å². The SMILES string of the molecule is C=CC/C(=C(\C)c1cccnc1)c1cccnc1. The Morgan fingerprint density at radius 1 is 1.11 bits per heavy atom. The van der Waals surface area contributed by atoms with E-state index in [9.17, 15) is 0 Å². The van der Waals surface area contributed by atoms with E-state index in [-0.39, 0.29) is 0 Å². The van der Waals surface area contributed by atoms with Crippen LogP contribution in [0.5, 0.6) is 0 Å². The number of aromatic nitrogens is 2. The van der Waals surface area contributed by atoms with Gasteiger partial charge in [0.05, 0.1) is 0 Å². The number of nitrogens with zero attached hydrogens (tertiary/aromatic N) is 2. The molecule has 0 aromatic carbocycles. The summed E-state index contributed by atoms with van der Waals surface area (Å²) in [4.78, 5) is 8.35. The molecule has 0 spiro atoms. The van der Waals surface area contributed by atoms with E-state index in [4.69, 9.17) is 0 Å². The summed E-state index contributed by atoms with van der Waals surface area (Å²) < 4.78 is 0. The van der Waals surface area contributed by atoms with Crippen molar-refractivity contribution in [3.05, 3.63) is 72.8 Å². The average molecular weight is 236 g/mol. The van der Waals surface area contributed by atoms with Gasteiger partial charge in [-0.25, -0.2) is 0 Å². The summed E-state index contributed by atoms with van der Waals surface area (Å²) >= 11 is 0. The second-order valence-corrected chi connectivity index (χ2v) is 4.08. The third-order valence-electron chi connectivity index (χ3n) is 2.91. The Hall–Kier alpha value is -2.22. The standard InChI is InChI=1S/C16H16N2/c1-3-6-16(15-8-5-10-18-12-15)13(2)14-7-4-9-17-11-14/h3-5,7-12H,1,6H2,2H3/b16-13-. The zero-order valence-electron chi connectivity index (χ0n) is 10.5.